The van der Waals surface area contributed by atoms with E-state index in [4.69, 9.17) is 9.84 Å². The zero-order valence-corrected chi connectivity index (χ0v) is 15.3. The van der Waals surface area contributed by atoms with E-state index in [1.165, 1.54) is 7.11 Å². The van der Waals surface area contributed by atoms with E-state index in [-0.39, 0.29) is 37.2 Å². The summed E-state index contributed by atoms with van der Waals surface area (Å²) >= 11 is 0. The molecule has 3 unspecified atom stereocenters. The largest absolute Gasteiger partial charge is 0.481 e. The number of carboxylic acid groups (broad SMARTS) is 1. The molecule has 8 nitrogen and oxygen atoms in total. The first-order valence-electron chi connectivity index (χ1n) is 8.88. The van der Waals surface area contributed by atoms with Gasteiger partial charge in [-0.25, -0.2) is 18.6 Å². The molecule has 0 spiro atoms. The van der Waals surface area contributed by atoms with Gasteiger partial charge in [0.25, 0.3) is 0 Å². The molecule has 10 heteroatoms. The number of hydrogen-bond donors (Lipinski definition) is 3. The highest BCUT2D eigenvalue weighted by molar-refractivity contribution is 5.79. The van der Waals surface area contributed by atoms with Crippen LogP contribution in [0.2, 0.25) is 0 Å². The number of alkyl halides is 1. The number of rotatable bonds is 6. The maximum atomic E-state index is 14.6. The smallest absolute Gasteiger partial charge is 0.404 e. The van der Waals surface area contributed by atoms with Crippen LogP contribution >= 0.6 is 0 Å². The quantitative estimate of drug-likeness (QED) is 0.680. The number of pyridine rings is 2. The van der Waals surface area contributed by atoms with Crippen LogP contribution in [0.3, 0.4) is 0 Å². The summed E-state index contributed by atoms with van der Waals surface area (Å²) in [5.41, 5.74) is 0.952. The fourth-order valence-corrected chi connectivity index (χ4v) is 3.55. The molecule has 3 rings (SSSR count). The summed E-state index contributed by atoms with van der Waals surface area (Å²) in [7, 11) is 1.45. The molecule has 3 atom stereocenters. The van der Waals surface area contributed by atoms with Gasteiger partial charge in [0.15, 0.2) is 0 Å². The van der Waals surface area contributed by atoms with Crippen molar-refractivity contribution in [3.05, 3.63) is 29.7 Å². The Morgan fingerprint density at radius 2 is 2.29 bits per heavy atom. The number of amides is 1. The van der Waals surface area contributed by atoms with Gasteiger partial charge in [-0.1, -0.05) is 0 Å². The predicted octanol–water partition coefficient (Wildman–Crippen LogP) is 1.53. The Morgan fingerprint density at radius 1 is 1.50 bits per heavy atom. The summed E-state index contributed by atoms with van der Waals surface area (Å²) in [6.07, 6.45) is -1.28. The summed E-state index contributed by atoms with van der Waals surface area (Å²) in [5.74, 6) is -0.963. The first-order valence-corrected chi connectivity index (χ1v) is 8.88. The van der Waals surface area contributed by atoms with Crippen LogP contribution in [-0.4, -0.2) is 76.7 Å². The molecule has 2 aromatic heterocycles. The lowest BCUT2D eigenvalue weighted by Crippen LogP contribution is -2.52. The molecule has 1 aliphatic rings. The molecule has 1 amide bonds. The van der Waals surface area contributed by atoms with Crippen molar-refractivity contribution in [3.8, 4) is 5.88 Å². The molecule has 3 N–H and O–H groups in total. The standard InChI is InChI=1S/C18H22F2N4O4/c1-28-15-3-2-14-17(23-15)16(11(19)6-21-14)10(9-25)7-24-5-4-13(12(20)8-24)22-18(26)27/h2-3,6,10,12-13,22,25H,4-5,7-9H2,1H3,(H,26,27). The zero-order valence-electron chi connectivity index (χ0n) is 15.3. The summed E-state index contributed by atoms with van der Waals surface area (Å²) < 4.78 is 34.0. The van der Waals surface area contributed by atoms with Crippen LogP contribution in [0.25, 0.3) is 11.0 Å². The summed E-state index contributed by atoms with van der Waals surface area (Å²) in [5, 5.41) is 20.8. The maximum absolute atomic E-state index is 14.6. The normalized spacial score (nSPS) is 21.4. The van der Waals surface area contributed by atoms with Gasteiger partial charge in [0.1, 0.15) is 12.0 Å². The van der Waals surface area contributed by atoms with Crippen LogP contribution in [0.5, 0.6) is 5.88 Å². The van der Waals surface area contributed by atoms with Gasteiger partial charge in [0, 0.05) is 37.2 Å². The van der Waals surface area contributed by atoms with Crippen LogP contribution in [0.1, 0.15) is 17.9 Å². The minimum absolute atomic E-state index is 0.0111. The number of nitrogens with one attached hydrogen (secondary N) is 1. The van der Waals surface area contributed by atoms with Gasteiger partial charge in [0.05, 0.1) is 37.0 Å². The molecule has 0 radical (unpaired) electrons. The Labute approximate surface area is 160 Å². The lowest BCUT2D eigenvalue weighted by Gasteiger charge is -2.36. The van der Waals surface area contributed by atoms with Gasteiger partial charge in [-0.2, -0.15) is 0 Å². The van der Waals surface area contributed by atoms with Crippen LogP contribution in [0.4, 0.5) is 13.6 Å². The number of halogens is 2. The third-order valence-corrected chi connectivity index (χ3v) is 4.93. The van der Waals surface area contributed by atoms with Crippen molar-refractivity contribution in [1.82, 2.24) is 20.2 Å². The van der Waals surface area contributed by atoms with Crippen molar-refractivity contribution in [2.24, 2.45) is 0 Å². The molecular weight excluding hydrogens is 374 g/mol. The summed E-state index contributed by atoms with van der Waals surface area (Å²) in [4.78, 5) is 20.8. The Kier molecular flexibility index (Phi) is 6.20. The monoisotopic (exact) mass is 396 g/mol. The highest BCUT2D eigenvalue weighted by atomic mass is 19.1. The molecule has 2 aromatic rings. The highest BCUT2D eigenvalue weighted by Crippen LogP contribution is 2.29. The fourth-order valence-electron chi connectivity index (χ4n) is 3.55. The van der Waals surface area contributed by atoms with Crippen LogP contribution in [0, 0.1) is 5.82 Å². The lowest BCUT2D eigenvalue weighted by molar-refractivity contribution is 0.0890. The molecule has 28 heavy (non-hydrogen) atoms. The number of piperidine rings is 1. The molecule has 1 aliphatic heterocycles. The van der Waals surface area contributed by atoms with E-state index in [1.54, 1.807) is 17.0 Å². The number of carbonyl (C=O) groups is 1. The topological polar surface area (TPSA) is 108 Å². The first kappa shape index (κ1) is 20.2. The average Bonchev–Trinajstić information content (AvgIpc) is 2.67. The molecule has 1 fully saturated rings. The van der Waals surface area contributed by atoms with Crippen molar-refractivity contribution < 1.29 is 28.5 Å². The van der Waals surface area contributed by atoms with Gasteiger partial charge < -0.3 is 20.3 Å². The van der Waals surface area contributed by atoms with Crippen molar-refractivity contribution >= 4 is 17.1 Å². The molecule has 0 aromatic carbocycles. The van der Waals surface area contributed by atoms with Gasteiger partial charge in [-0.3, -0.25) is 9.88 Å². The van der Waals surface area contributed by atoms with Crippen molar-refractivity contribution in [2.75, 3.05) is 33.4 Å². The van der Waals surface area contributed by atoms with E-state index >= 15 is 0 Å². The summed E-state index contributed by atoms with van der Waals surface area (Å²) in [6, 6.07) is 2.49. The molecule has 0 saturated carbocycles. The van der Waals surface area contributed by atoms with Crippen LogP contribution in [0.15, 0.2) is 18.3 Å². The number of fused-ring (bicyclic) bond motifs is 1. The summed E-state index contributed by atoms with van der Waals surface area (Å²) in [6.45, 7) is 0.247. The van der Waals surface area contributed by atoms with E-state index < -0.39 is 30.0 Å². The van der Waals surface area contributed by atoms with E-state index in [1.807, 2.05) is 0 Å². The highest BCUT2D eigenvalue weighted by Gasteiger charge is 2.32. The van der Waals surface area contributed by atoms with Gasteiger partial charge in [0.2, 0.25) is 5.88 Å². The minimum atomic E-state index is -1.39. The van der Waals surface area contributed by atoms with E-state index in [0.29, 0.717) is 17.9 Å². The number of aliphatic hydroxyl groups is 1. The second kappa shape index (κ2) is 8.61. The molecule has 3 heterocycles. The average molecular weight is 396 g/mol. The zero-order chi connectivity index (χ0) is 20.3. The fraction of sp³-hybridized carbons (Fsp3) is 0.500. The number of likely N-dealkylation sites (tertiary alicyclic amines) is 1. The SMILES string of the molecule is COc1ccc2ncc(F)c(C(CO)CN3CCC(NC(=O)O)C(F)C3)c2n1. The number of ether oxygens (including phenoxy) is 1. The lowest BCUT2D eigenvalue weighted by atomic mass is 9.95. The molecule has 0 aliphatic carbocycles. The number of methoxy groups -OCH3 is 1. The Morgan fingerprint density at radius 3 is 2.93 bits per heavy atom. The third kappa shape index (κ3) is 4.28. The molecule has 152 valence electrons. The van der Waals surface area contributed by atoms with Crippen molar-refractivity contribution in [3.63, 3.8) is 0 Å². The molecule has 0 bridgehead atoms. The van der Waals surface area contributed by atoms with E-state index in [2.05, 4.69) is 15.3 Å². The van der Waals surface area contributed by atoms with Crippen molar-refractivity contribution in [1.29, 1.82) is 0 Å². The van der Waals surface area contributed by atoms with Crippen LogP contribution < -0.4 is 10.1 Å². The van der Waals surface area contributed by atoms with Crippen molar-refractivity contribution in [2.45, 2.75) is 24.6 Å². The second-order valence-corrected chi connectivity index (χ2v) is 6.74. The molecule has 1 saturated heterocycles. The number of nitrogens with zero attached hydrogens (tertiary/aromatic N) is 3. The molecular formula is C18H22F2N4O4. The Balaban J connectivity index is 1.82. The Bertz CT molecular complexity index is 854. The second-order valence-electron chi connectivity index (χ2n) is 6.74. The number of aromatic nitrogens is 2. The third-order valence-electron chi connectivity index (χ3n) is 4.93. The number of hydrogen-bond acceptors (Lipinski definition) is 6. The van der Waals surface area contributed by atoms with Gasteiger partial charge >= 0.3 is 6.09 Å². The predicted molar refractivity (Wildman–Crippen MR) is 96.8 cm³/mol. The van der Waals surface area contributed by atoms with Crippen LogP contribution in [-0.2, 0) is 0 Å². The van der Waals surface area contributed by atoms with E-state index in [0.717, 1.165) is 6.20 Å². The van der Waals surface area contributed by atoms with Gasteiger partial charge in [-0.15, -0.1) is 0 Å². The van der Waals surface area contributed by atoms with Gasteiger partial charge in [-0.05, 0) is 12.5 Å². The minimum Gasteiger partial charge on any atom is -0.481 e. The number of aliphatic hydroxyl groups excluding tert-OH is 1. The maximum Gasteiger partial charge on any atom is 0.404 e. The van der Waals surface area contributed by atoms with E-state index in [9.17, 15) is 18.7 Å². The Hall–Kier alpha value is -2.59. The first-order chi connectivity index (χ1) is 13.4.